The van der Waals surface area contributed by atoms with Crippen LogP contribution in [0.25, 0.3) is 11.3 Å². The zero-order chi connectivity index (χ0) is 14.2. The lowest BCUT2D eigenvalue weighted by Crippen LogP contribution is -2.05. The molecule has 2 aromatic heterocycles. The third kappa shape index (κ3) is 2.73. The lowest BCUT2D eigenvalue weighted by Gasteiger charge is -2.08. The molecule has 0 saturated heterocycles. The van der Waals surface area contributed by atoms with Gasteiger partial charge in [-0.3, -0.25) is 0 Å². The van der Waals surface area contributed by atoms with Crippen molar-refractivity contribution >= 4 is 46.5 Å². The van der Waals surface area contributed by atoms with Gasteiger partial charge < -0.3 is 10.8 Å². The summed E-state index contributed by atoms with van der Waals surface area (Å²) in [5, 5.41) is 9.20. The molecule has 0 radical (unpaired) electrons. The first-order chi connectivity index (χ1) is 8.90. The Kier molecular flexibility index (Phi) is 3.80. The molecule has 0 aliphatic heterocycles. The van der Waals surface area contributed by atoms with Crippen LogP contribution in [0.15, 0.2) is 18.2 Å². The number of nitrogen functional groups attached to an aromatic ring is 1. The van der Waals surface area contributed by atoms with Crippen LogP contribution >= 0.6 is 34.8 Å². The largest absolute Gasteiger partial charge is 0.476 e. The first kappa shape index (κ1) is 13.9. The van der Waals surface area contributed by atoms with E-state index in [1.165, 1.54) is 12.1 Å². The lowest BCUT2D eigenvalue weighted by molar-refractivity contribution is 0.0691. The van der Waals surface area contributed by atoms with Crippen molar-refractivity contribution in [2.45, 2.75) is 0 Å². The van der Waals surface area contributed by atoms with Gasteiger partial charge in [0.1, 0.15) is 10.3 Å². The van der Waals surface area contributed by atoms with E-state index in [-0.39, 0.29) is 32.4 Å². The number of hydrogen-bond acceptors (Lipinski definition) is 4. The first-order valence-corrected chi connectivity index (χ1v) is 6.05. The highest BCUT2D eigenvalue weighted by Crippen LogP contribution is 2.31. The predicted molar refractivity (Wildman–Crippen MR) is 73.9 cm³/mol. The summed E-state index contributed by atoms with van der Waals surface area (Å²) < 4.78 is 0. The summed E-state index contributed by atoms with van der Waals surface area (Å²) in [6.45, 7) is 0. The lowest BCUT2D eigenvalue weighted by atomic mass is 10.1. The Morgan fingerprint density at radius 1 is 1.21 bits per heavy atom. The molecule has 3 N–H and O–H groups in total. The number of nitrogens with two attached hydrogens (primary N) is 1. The van der Waals surface area contributed by atoms with Gasteiger partial charge in [-0.25, -0.2) is 14.8 Å². The molecule has 0 saturated carbocycles. The van der Waals surface area contributed by atoms with Crippen molar-refractivity contribution in [3.63, 3.8) is 0 Å². The van der Waals surface area contributed by atoms with Crippen molar-refractivity contribution in [1.82, 2.24) is 9.97 Å². The molecular weight excluding hydrogens is 312 g/mol. The van der Waals surface area contributed by atoms with Gasteiger partial charge in [-0.05, 0) is 18.2 Å². The van der Waals surface area contributed by atoms with E-state index in [1.54, 1.807) is 6.07 Å². The Labute approximate surface area is 122 Å². The van der Waals surface area contributed by atoms with Crippen LogP contribution in [0.5, 0.6) is 0 Å². The predicted octanol–water partition coefficient (Wildman–Crippen LogP) is 3.38. The van der Waals surface area contributed by atoms with E-state index in [2.05, 4.69) is 9.97 Å². The number of carboxylic acid groups (broad SMARTS) is 1. The molecule has 0 fully saturated rings. The number of aromatic nitrogens is 2. The monoisotopic (exact) mass is 317 g/mol. The van der Waals surface area contributed by atoms with Crippen LogP contribution in [0.2, 0.25) is 15.3 Å². The average molecular weight is 319 g/mol. The van der Waals surface area contributed by atoms with Crippen molar-refractivity contribution in [3.05, 3.63) is 39.2 Å². The molecule has 0 aromatic carbocycles. The van der Waals surface area contributed by atoms with Gasteiger partial charge in [-0.1, -0.05) is 34.8 Å². The van der Waals surface area contributed by atoms with E-state index in [1.807, 2.05) is 0 Å². The van der Waals surface area contributed by atoms with E-state index in [0.717, 1.165) is 0 Å². The van der Waals surface area contributed by atoms with Crippen LogP contribution < -0.4 is 5.73 Å². The van der Waals surface area contributed by atoms with Crippen molar-refractivity contribution in [2.24, 2.45) is 0 Å². The molecule has 0 spiro atoms. The molecule has 0 amide bonds. The van der Waals surface area contributed by atoms with Gasteiger partial charge >= 0.3 is 5.97 Å². The summed E-state index contributed by atoms with van der Waals surface area (Å²) in [6.07, 6.45) is 0. The summed E-state index contributed by atoms with van der Waals surface area (Å²) in [7, 11) is 0. The number of anilines is 1. The number of nitrogens with zero attached hydrogens (tertiary/aromatic N) is 2. The second-order valence-electron chi connectivity index (χ2n) is 3.54. The first-order valence-electron chi connectivity index (χ1n) is 4.92. The SMILES string of the molecule is Nc1cc(-c2ccc(Cl)nc2Cl)nc(C(=O)O)c1Cl. The Hall–Kier alpha value is -1.56. The number of rotatable bonds is 2. The smallest absolute Gasteiger partial charge is 0.356 e. The maximum atomic E-state index is 11.0. The van der Waals surface area contributed by atoms with Crippen LogP contribution in [0.3, 0.4) is 0 Å². The molecular formula is C11H6Cl3N3O2. The van der Waals surface area contributed by atoms with Gasteiger partial charge in [0, 0.05) is 5.56 Å². The topological polar surface area (TPSA) is 89.1 Å². The van der Waals surface area contributed by atoms with Crippen LogP contribution in [0.1, 0.15) is 10.5 Å². The molecule has 5 nitrogen and oxygen atoms in total. The van der Waals surface area contributed by atoms with Gasteiger partial charge in [-0.2, -0.15) is 0 Å². The van der Waals surface area contributed by atoms with Gasteiger partial charge in [0.2, 0.25) is 0 Å². The van der Waals surface area contributed by atoms with Crippen molar-refractivity contribution < 1.29 is 9.90 Å². The molecule has 8 heteroatoms. The number of pyridine rings is 2. The van der Waals surface area contributed by atoms with Crippen LogP contribution in [0, 0.1) is 0 Å². The zero-order valence-corrected chi connectivity index (χ0v) is 11.5. The number of halogens is 3. The summed E-state index contributed by atoms with van der Waals surface area (Å²) in [5.74, 6) is -1.28. The van der Waals surface area contributed by atoms with Crippen LogP contribution in [-0.2, 0) is 0 Å². The fraction of sp³-hybridized carbons (Fsp3) is 0. The zero-order valence-electron chi connectivity index (χ0n) is 9.19. The molecule has 0 atom stereocenters. The second-order valence-corrected chi connectivity index (χ2v) is 4.66. The number of hydrogen-bond donors (Lipinski definition) is 2. The highest BCUT2D eigenvalue weighted by Gasteiger charge is 2.17. The summed E-state index contributed by atoms with van der Waals surface area (Å²) >= 11 is 17.4. The maximum Gasteiger partial charge on any atom is 0.356 e. The standard InChI is InChI=1S/C11H6Cl3N3O2/c12-7-2-1-4(10(14)17-7)6-3-5(15)8(13)9(16-6)11(18)19/h1-3H,(H2,15,16)(H,18,19). The minimum Gasteiger partial charge on any atom is -0.476 e. The maximum absolute atomic E-state index is 11.0. The van der Waals surface area contributed by atoms with Gasteiger partial charge in [0.05, 0.1) is 16.4 Å². The normalized spacial score (nSPS) is 10.5. The summed E-state index contributed by atoms with van der Waals surface area (Å²) in [4.78, 5) is 18.8. The molecule has 0 aliphatic carbocycles. The molecule has 19 heavy (non-hydrogen) atoms. The Morgan fingerprint density at radius 2 is 1.89 bits per heavy atom. The van der Waals surface area contributed by atoms with E-state index >= 15 is 0 Å². The van der Waals surface area contributed by atoms with Gasteiger partial charge in [0.15, 0.2) is 5.69 Å². The van der Waals surface area contributed by atoms with Gasteiger partial charge in [-0.15, -0.1) is 0 Å². The highest BCUT2D eigenvalue weighted by molar-refractivity contribution is 6.36. The highest BCUT2D eigenvalue weighted by atomic mass is 35.5. The Balaban J connectivity index is 2.66. The van der Waals surface area contributed by atoms with E-state index < -0.39 is 5.97 Å². The fourth-order valence-electron chi connectivity index (χ4n) is 1.43. The third-order valence-electron chi connectivity index (χ3n) is 2.28. The van der Waals surface area contributed by atoms with Crippen LogP contribution in [-0.4, -0.2) is 21.0 Å². The summed E-state index contributed by atoms with van der Waals surface area (Å²) in [6, 6.07) is 4.50. The summed E-state index contributed by atoms with van der Waals surface area (Å²) in [5.41, 5.74) is 6.07. The average Bonchev–Trinajstić information content (AvgIpc) is 2.32. The quantitative estimate of drug-likeness (QED) is 0.829. The minimum atomic E-state index is -1.28. The number of carboxylic acids is 1. The second kappa shape index (κ2) is 5.21. The van der Waals surface area contributed by atoms with Crippen molar-refractivity contribution in [3.8, 4) is 11.3 Å². The molecule has 0 bridgehead atoms. The molecule has 0 aliphatic rings. The molecule has 2 rings (SSSR count). The third-order valence-corrected chi connectivity index (χ3v) is 3.17. The van der Waals surface area contributed by atoms with E-state index in [9.17, 15) is 4.79 Å². The number of aromatic carboxylic acids is 1. The van der Waals surface area contributed by atoms with Crippen LogP contribution in [0.4, 0.5) is 5.69 Å². The van der Waals surface area contributed by atoms with Crippen molar-refractivity contribution in [1.29, 1.82) is 0 Å². The number of carbonyl (C=O) groups is 1. The molecule has 2 aromatic rings. The molecule has 98 valence electrons. The molecule has 2 heterocycles. The van der Waals surface area contributed by atoms with E-state index in [0.29, 0.717) is 5.56 Å². The van der Waals surface area contributed by atoms with Gasteiger partial charge in [0.25, 0.3) is 0 Å². The minimum absolute atomic E-state index is 0.0927. The Bertz CT molecular complexity index is 676. The molecule has 0 unspecified atom stereocenters. The Morgan fingerprint density at radius 3 is 2.47 bits per heavy atom. The fourth-order valence-corrected chi connectivity index (χ4v) is 2.05. The van der Waals surface area contributed by atoms with Crippen molar-refractivity contribution in [2.75, 3.05) is 5.73 Å². The van der Waals surface area contributed by atoms with E-state index in [4.69, 9.17) is 45.6 Å².